The van der Waals surface area contributed by atoms with Crippen LogP contribution in [0, 0.1) is 10.1 Å². The third-order valence-electron chi connectivity index (χ3n) is 4.21. The largest absolute Gasteiger partial charge is 0.305 e. The molecule has 0 bridgehead atoms. The molecule has 1 atom stereocenters. The molecule has 126 valence electrons. The van der Waals surface area contributed by atoms with E-state index in [2.05, 4.69) is 29.6 Å². The highest BCUT2D eigenvalue weighted by atomic mass is 16.6. The Bertz CT molecular complexity index is 820. The van der Waals surface area contributed by atoms with Crippen molar-refractivity contribution in [2.45, 2.75) is 19.0 Å². The Morgan fingerprint density at radius 2 is 1.44 bits per heavy atom. The minimum atomic E-state index is -0.328. The van der Waals surface area contributed by atoms with Crippen molar-refractivity contribution < 1.29 is 4.92 Å². The minimum Gasteiger partial charge on any atom is -0.305 e. The summed E-state index contributed by atoms with van der Waals surface area (Å²) in [5.41, 5.74) is 3.25. The summed E-state index contributed by atoms with van der Waals surface area (Å²) < 4.78 is 0. The van der Waals surface area contributed by atoms with Gasteiger partial charge in [-0.25, -0.2) is 0 Å². The van der Waals surface area contributed by atoms with E-state index in [-0.39, 0.29) is 16.7 Å². The van der Waals surface area contributed by atoms with Gasteiger partial charge in [0.15, 0.2) is 0 Å². The van der Waals surface area contributed by atoms with E-state index >= 15 is 0 Å². The third kappa shape index (κ3) is 4.52. The fourth-order valence-electron chi connectivity index (χ4n) is 2.91. The Morgan fingerprint density at radius 1 is 0.840 bits per heavy atom. The molecule has 3 rings (SSSR count). The van der Waals surface area contributed by atoms with Crippen molar-refractivity contribution >= 4 is 5.69 Å². The SMILES string of the molecule is O=[N+]([O-])c1ccccc1CN[C@H](Cc1ccccc1)c1ccccc1. The van der Waals surface area contributed by atoms with E-state index < -0.39 is 0 Å². The second kappa shape index (κ2) is 8.22. The first-order chi connectivity index (χ1) is 12.2. The lowest BCUT2D eigenvalue weighted by atomic mass is 9.98. The first-order valence-electron chi connectivity index (χ1n) is 8.28. The Kier molecular flexibility index (Phi) is 5.54. The highest BCUT2D eigenvalue weighted by Gasteiger charge is 2.16. The zero-order chi connectivity index (χ0) is 17.5. The molecule has 0 fully saturated rings. The summed E-state index contributed by atoms with van der Waals surface area (Å²) in [4.78, 5) is 10.9. The lowest BCUT2D eigenvalue weighted by Crippen LogP contribution is -2.23. The zero-order valence-electron chi connectivity index (χ0n) is 13.8. The molecule has 0 aliphatic rings. The van der Waals surface area contributed by atoms with Gasteiger partial charge in [0.25, 0.3) is 5.69 Å². The molecule has 25 heavy (non-hydrogen) atoms. The van der Waals surface area contributed by atoms with E-state index in [1.807, 2.05) is 42.5 Å². The zero-order valence-corrected chi connectivity index (χ0v) is 13.8. The Hall–Kier alpha value is -2.98. The van der Waals surface area contributed by atoms with E-state index in [0.717, 1.165) is 6.42 Å². The van der Waals surface area contributed by atoms with Crippen LogP contribution in [0.2, 0.25) is 0 Å². The van der Waals surface area contributed by atoms with Crippen LogP contribution in [-0.2, 0) is 13.0 Å². The highest BCUT2D eigenvalue weighted by Crippen LogP contribution is 2.22. The van der Waals surface area contributed by atoms with Gasteiger partial charge in [-0.2, -0.15) is 0 Å². The summed E-state index contributed by atoms with van der Waals surface area (Å²) >= 11 is 0. The van der Waals surface area contributed by atoms with Gasteiger partial charge in [-0.1, -0.05) is 78.9 Å². The van der Waals surface area contributed by atoms with Gasteiger partial charge in [0, 0.05) is 24.2 Å². The van der Waals surface area contributed by atoms with Crippen LogP contribution in [0.3, 0.4) is 0 Å². The molecule has 1 N–H and O–H groups in total. The summed E-state index contributed by atoms with van der Waals surface area (Å²) in [5, 5.41) is 14.7. The normalized spacial score (nSPS) is 11.8. The molecule has 4 nitrogen and oxygen atoms in total. The highest BCUT2D eigenvalue weighted by molar-refractivity contribution is 5.39. The summed E-state index contributed by atoms with van der Waals surface area (Å²) in [7, 11) is 0. The molecule has 4 heteroatoms. The molecule has 3 aromatic carbocycles. The summed E-state index contributed by atoms with van der Waals surface area (Å²) in [6.45, 7) is 0.448. The Labute approximate surface area is 147 Å². The average molecular weight is 332 g/mol. The number of hydrogen-bond donors (Lipinski definition) is 1. The summed E-state index contributed by atoms with van der Waals surface area (Å²) in [6.07, 6.45) is 0.825. The molecule has 0 spiro atoms. The van der Waals surface area contributed by atoms with Gasteiger partial charge in [0.1, 0.15) is 0 Å². The molecule has 0 unspecified atom stereocenters. The summed E-state index contributed by atoms with van der Waals surface area (Å²) in [5.74, 6) is 0. The fourth-order valence-corrected chi connectivity index (χ4v) is 2.91. The van der Waals surface area contributed by atoms with Crippen LogP contribution >= 0.6 is 0 Å². The van der Waals surface area contributed by atoms with Gasteiger partial charge in [-0.15, -0.1) is 0 Å². The van der Waals surface area contributed by atoms with Crippen LogP contribution in [0.4, 0.5) is 5.69 Å². The molecule has 0 saturated carbocycles. The van der Waals surface area contributed by atoms with Gasteiger partial charge < -0.3 is 5.32 Å². The van der Waals surface area contributed by atoms with Crippen molar-refractivity contribution in [1.82, 2.24) is 5.32 Å². The lowest BCUT2D eigenvalue weighted by molar-refractivity contribution is -0.385. The van der Waals surface area contributed by atoms with Crippen LogP contribution in [0.1, 0.15) is 22.7 Å². The number of nitrogens with one attached hydrogen (secondary N) is 1. The first kappa shape index (κ1) is 16.9. The van der Waals surface area contributed by atoms with Crippen LogP contribution in [-0.4, -0.2) is 4.92 Å². The molecule has 0 aliphatic heterocycles. The van der Waals surface area contributed by atoms with Crippen molar-refractivity contribution in [3.05, 3.63) is 112 Å². The summed E-state index contributed by atoms with van der Waals surface area (Å²) in [6, 6.07) is 27.4. The minimum absolute atomic E-state index is 0.0865. The second-order valence-corrected chi connectivity index (χ2v) is 5.92. The van der Waals surface area contributed by atoms with Crippen molar-refractivity contribution in [1.29, 1.82) is 0 Å². The van der Waals surface area contributed by atoms with Gasteiger partial charge in [-0.05, 0) is 17.5 Å². The van der Waals surface area contributed by atoms with Crippen molar-refractivity contribution in [2.24, 2.45) is 0 Å². The standard InChI is InChI=1S/C21H20N2O2/c24-23(25)21-14-8-7-13-19(21)16-22-20(18-11-5-2-6-12-18)15-17-9-3-1-4-10-17/h1-14,20,22H,15-16H2/t20-/m1/s1. The van der Waals surface area contributed by atoms with E-state index in [1.54, 1.807) is 18.2 Å². The molecule has 0 aromatic heterocycles. The van der Waals surface area contributed by atoms with Gasteiger partial charge in [0.05, 0.1) is 4.92 Å². The number of nitro groups is 1. The number of benzene rings is 3. The van der Waals surface area contributed by atoms with Gasteiger partial charge >= 0.3 is 0 Å². The maximum Gasteiger partial charge on any atom is 0.273 e. The van der Waals surface area contributed by atoms with Crippen LogP contribution < -0.4 is 5.32 Å². The second-order valence-electron chi connectivity index (χ2n) is 5.92. The van der Waals surface area contributed by atoms with Crippen LogP contribution in [0.15, 0.2) is 84.9 Å². The van der Waals surface area contributed by atoms with E-state index in [1.165, 1.54) is 11.1 Å². The Balaban J connectivity index is 1.80. The van der Waals surface area contributed by atoms with Crippen LogP contribution in [0.5, 0.6) is 0 Å². The average Bonchev–Trinajstić information content (AvgIpc) is 2.67. The number of nitro benzene ring substituents is 1. The molecular formula is C21H20N2O2. The quantitative estimate of drug-likeness (QED) is 0.505. The molecule has 3 aromatic rings. The van der Waals surface area contributed by atoms with Crippen molar-refractivity contribution in [2.75, 3.05) is 0 Å². The van der Waals surface area contributed by atoms with E-state index in [4.69, 9.17) is 0 Å². The van der Waals surface area contributed by atoms with Gasteiger partial charge in [-0.3, -0.25) is 10.1 Å². The predicted molar refractivity (Wildman–Crippen MR) is 99.3 cm³/mol. The molecular weight excluding hydrogens is 312 g/mol. The van der Waals surface area contributed by atoms with Crippen molar-refractivity contribution in [3.63, 3.8) is 0 Å². The third-order valence-corrected chi connectivity index (χ3v) is 4.21. The van der Waals surface area contributed by atoms with Crippen LogP contribution in [0.25, 0.3) is 0 Å². The van der Waals surface area contributed by atoms with Crippen molar-refractivity contribution in [3.8, 4) is 0 Å². The molecule has 0 amide bonds. The molecule has 0 radical (unpaired) electrons. The van der Waals surface area contributed by atoms with E-state index in [9.17, 15) is 10.1 Å². The maximum atomic E-state index is 11.2. The smallest absolute Gasteiger partial charge is 0.273 e. The predicted octanol–water partition coefficient (Wildman–Crippen LogP) is 4.67. The monoisotopic (exact) mass is 332 g/mol. The number of rotatable bonds is 7. The molecule has 0 aliphatic carbocycles. The topological polar surface area (TPSA) is 55.2 Å². The maximum absolute atomic E-state index is 11.2. The molecule has 0 saturated heterocycles. The number of nitrogens with zero attached hydrogens (tertiary/aromatic N) is 1. The fraction of sp³-hybridized carbons (Fsp3) is 0.143. The first-order valence-corrected chi connectivity index (χ1v) is 8.28. The molecule has 0 heterocycles. The number of para-hydroxylation sites is 1. The van der Waals surface area contributed by atoms with Gasteiger partial charge in [0.2, 0.25) is 0 Å². The van der Waals surface area contributed by atoms with E-state index in [0.29, 0.717) is 12.1 Å². The lowest BCUT2D eigenvalue weighted by Gasteiger charge is -2.19. The number of hydrogen-bond acceptors (Lipinski definition) is 3. The Morgan fingerprint density at radius 3 is 2.12 bits per heavy atom.